The zero-order valence-corrected chi connectivity index (χ0v) is 36.4. The average molecular weight is 931 g/mol. The molecule has 5 heterocycles. The Morgan fingerprint density at radius 1 is 0.859 bits per heavy atom. The molecule has 0 saturated heterocycles. The minimum atomic E-state index is -3.83. The van der Waals surface area contributed by atoms with Crippen molar-refractivity contribution in [3.8, 4) is 0 Å². The van der Waals surface area contributed by atoms with E-state index >= 15 is 0 Å². The lowest BCUT2D eigenvalue weighted by Crippen LogP contribution is -2.30. The number of rotatable bonds is 21. The van der Waals surface area contributed by atoms with Crippen LogP contribution in [0.15, 0.2) is 99.7 Å². The van der Waals surface area contributed by atoms with Crippen LogP contribution in [-0.4, -0.2) is 84.9 Å². The monoisotopic (exact) mass is 930 g/mol. The number of nitrogens with two attached hydrogens (primary N) is 3. The highest BCUT2D eigenvalue weighted by Crippen LogP contribution is 2.50. The molecular weight excluding hydrogens is 882 g/mol. The molecule has 6 aromatic rings. The van der Waals surface area contributed by atoms with Gasteiger partial charge in [0.1, 0.15) is 41.5 Å². The molecule has 3 atom stereocenters. The van der Waals surface area contributed by atoms with Gasteiger partial charge in [-0.3, -0.25) is 33.5 Å². The lowest BCUT2D eigenvalue weighted by Gasteiger charge is -2.20. The summed E-state index contributed by atoms with van der Waals surface area (Å²) in [6, 6.07) is 20.7. The number of nitrogen functional groups attached to an aromatic ring is 1. The second kappa shape index (κ2) is 23.5. The van der Waals surface area contributed by atoms with Gasteiger partial charge in [-0.1, -0.05) is 60.7 Å². The Balaban J connectivity index is 0.000000239. The number of methoxy groups -OCH3 is 1. The molecule has 64 heavy (non-hydrogen) atoms. The standard InChI is InChI=1S/C20H21N6O8P.C16H22N5O5P.CH5N/c21-20-23-18-17(19(27)24-20)22-12-25(18)8-9-31-13-35(30,32-10-14-4-2-1-3-5-14)33-11-15-6-7-16(34-15)26(28)29;1-24-15-13-14(19-16(17)20-15)21(10-18-13)7-8-25-11-27(22,23)26-9-12-5-3-2-4-6-12;1-2/h1-7,12H,8-11,13H2,(H3,21,23,24,27);2-6,10,15H,7-9,11H2,1H3,(H,22,23)(H3,17,19,20);2H2,1H3. The maximum atomic E-state index is 13.3. The van der Waals surface area contributed by atoms with E-state index in [2.05, 4.69) is 36.0 Å². The number of hydrogen-bond donors (Lipinski definition) is 6. The molecule has 2 aromatic carbocycles. The number of H-pyrrole nitrogens is 1. The number of nitrogens with zero attached hydrogens (tertiary/aromatic N) is 7. The van der Waals surface area contributed by atoms with Crippen LogP contribution in [0.1, 0.15) is 28.8 Å². The Bertz CT molecular complexity index is 2600. The molecule has 7 rings (SSSR count). The van der Waals surface area contributed by atoms with E-state index < -0.39 is 50.5 Å². The fourth-order valence-corrected chi connectivity index (χ4v) is 7.59. The van der Waals surface area contributed by atoms with Gasteiger partial charge in [0, 0.05) is 20.2 Å². The quantitative estimate of drug-likeness (QED) is 0.0257. The summed E-state index contributed by atoms with van der Waals surface area (Å²) in [4.78, 5) is 50.7. The van der Waals surface area contributed by atoms with Gasteiger partial charge in [0.15, 0.2) is 23.4 Å². The maximum absolute atomic E-state index is 13.3. The Hall–Kier alpha value is -6.11. The first-order chi connectivity index (χ1) is 30.8. The lowest BCUT2D eigenvalue weighted by atomic mass is 10.2. The van der Waals surface area contributed by atoms with Crippen LogP contribution in [0, 0.1) is 10.1 Å². The molecule has 0 amide bonds. The van der Waals surface area contributed by atoms with Crippen molar-refractivity contribution in [2.75, 3.05) is 51.1 Å². The summed E-state index contributed by atoms with van der Waals surface area (Å²) in [5, 5.41) is 13.7. The van der Waals surface area contributed by atoms with E-state index in [4.69, 9.17) is 43.7 Å². The minimum absolute atomic E-state index is 0.00207. The summed E-state index contributed by atoms with van der Waals surface area (Å²) in [6.45, 7) is 0.618. The van der Waals surface area contributed by atoms with Gasteiger partial charge in [-0.15, -0.1) is 0 Å². The molecule has 3 unspecified atom stereocenters. The van der Waals surface area contributed by atoms with Gasteiger partial charge in [-0.2, -0.15) is 4.98 Å². The topological polar surface area (TPSA) is 350 Å². The SMILES string of the molecule is CN.COC1N=C(N)Nc2c1ncn2CCOCP(=O)(O)OCc1ccccc1.Nc1nc2c(ncn2CCOCP(=O)(OCc2ccccc2)OCc2ccc([N+](=O)[O-])o2)c(=O)[nH]1. The third-order valence-electron chi connectivity index (χ3n) is 8.55. The van der Waals surface area contributed by atoms with Gasteiger partial charge in [0.25, 0.3) is 5.56 Å². The van der Waals surface area contributed by atoms with Crippen molar-refractivity contribution in [2.45, 2.75) is 39.1 Å². The highest BCUT2D eigenvalue weighted by molar-refractivity contribution is 7.53. The van der Waals surface area contributed by atoms with Crippen molar-refractivity contribution in [3.63, 3.8) is 0 Å². The second-order valence-corrected chi connectivity index (χ2v) is 16.9. The number of aromatic amines is 1. The predicted octanol–water partition coefficient (Wildman–Crippen LogP) is 4.02. The molecule has 0 saturated carbocycles. The number of anilines is 2. The lowest BCUT2D eigenvalue weighted by molar-refractivity contribution is -0.402. The third kappa shape index (κ3) is 14.2. The number of aromatic nitrogens is 6. The second-order valence-electron chi connectivity index (χ2n) is 13.1. The van der Waals surface area contributed by atoms with Gasteiger partial charge in [0.2, 0.25) is 5.95 Å². The largest absolute Gasteiger partial charge is 0.433 e. The Morgan fingerprint density at radius 3 is 2.11 bits per heavy atom. The van der Waals surface area contributed by atoms with Crippen LogP contribution < -0.4 is 28.1 Å². The highest BCUT2D eigenvalue weighted by atomic mass is 31.2. The van der Waals surface area contributed by atoms with Crippen molar-refractivity contribution < 1.29 is 51.1 Å². The number of guanidine groups is 1. The van der Waals surface area contributed by atoms with Gasteiger partial charge >= 0.3 is 21.1 Å². The average Bonchev–Trinajstić information content (AvgIpc) is 4.06. The molecule has 1 aliphatic rings. The Labute approximate surface area is 364 Å². The van der Waals surface area contributed by atoms with Crippen LogP contribution in [0.2, 0.25) is 0 Å². The van der Waals surface area contributed by atoms with Crippen molar-refractivity contribution in [1.29, 1.82) is 0 Å². The normalized spacial score (nSPS) is 15.0. The maximum Gasteiger partial charge on any atom is 0.433 e. The Morgan fingerprint density at radius 2 is 1.47 bits per heavy atom. The molecular formula is C37H48N12O13P2. The molecule has 4 aromatic heterocycles. The van der Waals surface area contributed by atoms with Crippen LogP contribution in [-0.2, 0) is 69.8 Å². The van der Waals surface area contributed by atoms with Gasteiger partial charge in [-0.05, 0) is 24.2 Å². The molecule has 344 valence electrons. The van der Waals surface area contributed by atoms with Crippen molar-refractivity contribution >= 4 is 50.0 Å². The van der Waals surface area contributed by atoms with Crippen molar-refractivity contribution in [1.82, 2.24) is 29.1 Å². The van der Waals surface area contributed by atoms with Crippen LogP contribution in [0.5, 0.6) is 0 Å². The first-order valence-corrected chi connectivity index (χ1v) is 22.6. The van der Waals surface area contributed by atoms with Gasteiger partial charge in [-0.25, -0.2) is 15.0 Å². The number of nitrogens with one attached hydrogen (secondary N) is 2. The minimum Gasteiger partial charge on any atom is -0.403 e. The number of aliphatic imine (C=N–C) groups is 1. The summed E-state index contributed by atoms with van der Waals surface area (Å²) in [6.07, 6.45) is 1.67. The molecule has 9 N–H and O–H groups in total. The number of hydrogen-bond acceptors (Lipinski definition) is 20. The van der Waals surface area contributed by atoms with Crippen molar-refractivity contribution in [3.05, 3.63) is 129 Å². The first kappa shape index (κ1) is 48.9. The number of ether oxygens (including phenoxy) is 3. The zero-order chi connectivity index (χ0) is 46.1. The van der Waals surface area contributed by atoms with Crippen LogP contribution in [0.3, 0.4) is 0 Å². The summed E-state index contributed by atoms with van der Waals surface area (Å²) in [5.41, 5.74) is 18.0. The van der Waals surface area contributed by atoms with Crippen LogP contribution in [0.4, 0.5) is 17.7 Å². The smallest absolute Gasteiger partial charge is 0.403 e. The Kier molecular flexibility index (Phi) is 18.0. The molecule has 0 bridgehead atoms. The summed E-state index contributed by atoms with van der Waals surface area (Å²) in [7, 11) is -4.62. The van der Waals surface area contributed by atoms with Crippen LogP contribution >= 0.6 is 15.2 Å². The van der Waals surface area contributed by atoms with Crippen LogP contribution in [0.25, 0.3) is 11.2 Å². The third-order valence-corrected chi connectivity index (χ3v) is 11.1. The van der Waals surface area contributed by atoms with E-state index in [1.165, 1.54) is 32.6 Å². The molecule has 0 fully saturated rings. The molecule has 0 spiro atoms. The summed E-state index contributed by atoms with van der Waals surface area (Å²) in [5.74, 6) is 0.492. The number of imidazole rings is 2. The zero-order valence-electron chi connectivity index (χ0n) is 34.6. The summed E-state index contributed by atoms with van der Waals surface area (Å²) < 4.78 is 66.0. The number of benzene rings is 2. The highest BCUT2D eigenvalue weighted by Gasteiger charge is 2.28. The first-order valence-electron chi connectivity index (χ1n) is 19.1. The molecule has 1 aliphatic heterocycles. The van der Waals surface area contributed by atoms with Crippen molar-refractivity contribution in [2.24, 2.45) is 16.5 Å². The predicted molar refractivity (Wildman–Crippen MR) is 232 cm³/mol. The van der Waals surface area contributed by atoms with E-state index in [0.29, 0.717) is 18.1 Å². The van der Waals surface area contributed by atoms with E-state index in [1.807, 2.05) is 48.5 Å². The fraction of sp³-hybridized carbons (Fsp3) is 0.324. The molecule has 27 heteroatoms. The number of furan rings is 1. The van der Waals surface area contributed by atoms with Gasteiger partial charge in [0.05, 0.1) is 45.1 Å². The van der Waals surface area contributed by atoms with E-state index in [1.54, 1.807) is 27.6 Å². The number of fused-ring (bicyclic) bond motifs is 2. The van der Waals surface area contributed by atoms with Gasteiger partial charge < -0.3 is 64.2 Å². The molecule has 0 radical (unpaired) electrons. The van der Waals surface area contributed by atoms with E-state index in [0.717, 1.165) is 11.1 Å². The molecule has 25 nitrogen and oxygen atoms in total. The fourth-order valence-electron chi connectivity index (χ4n) is 5.56. The van der Waals surface area contributed by atoms with E-state index in [-0.39, 0.29) is 68.4 Å². The number of nitro groups is 1. The van der Waals surface area contributed by atoms with E-state index in [9.17, 15) is 28.9 Å². The molecule has 0 aliphatic carbocycles. The summed E-state index contributed by atoms with van der Waals surface area (Å²) >= 11 is 0.